The maximum Gasteiger partial charge on any atom is 0.255 e. The fraction of sp³-hybridized carbons (Fsp3) is 0.222. The SMILES string of the molecule is Cc1ccc(NC(=O)c2cc(F)cc(C(C)(C)C#N)c2)cc1N. The quantitative estimate of drug-likeness (QED) is 0.847. The smallest absolute Gasteiger partial charge is 0.255 e. The Morgan fingerprint density at radius 1 is 1.26 bits per heavy atom. The van der Waals surface area contributed by atoms with Crippen molar-refractivity contribution in [3.8, 4) is 6.07 Å². The molecule has 0 spiro atoms. The molecule has 3 N–H and O–H groups in total. The third-order valence-corrected chi connectivity index (χ3v) is 3.70. The summed E-state index contributed by atoms with van der Waals surface area (Å²) < 4.78 is 13.8. The van der Waals surface area contributed by atoms with Gasteiger partial charge in [-0.05, 0) is 62.2 Å². The van der Waals surface area contributed by atoms with Crippen LogP contribution in [0.15, 0.2) is 36.4 Å². The molecule has 0 aliphatic heterocycles. The van der Waals surface area contributed by atoms with E-state index in [9.17, 15) is 14.4 Å². The number of aryl methyl sites for hydroxylation is 1. The monoisotopic (exact) mass is 311 g/mol. The van der Waals surface area contributed by atoms with E-state index >= 15 is 0 Å². The summed E-state index contributed by atoms with van der Waals surface area (Å²) in [4.78, 5) is 12.3. The zero-order chi connectivity index (χ0) is 17.2. The van der Waals surface area contributed by atoms with Crippen LogP contribution in [0.25, 0.3) is 0 Å². The van der Waals surface area contributed by atoms with Crippen LogP contribution in [-0.2, 0) is 5.41 Å². The second-order valence-corrected chi connectivity index (χ2v) is 5.99. The minimum Gasteiger partial charge on any atom is -0.398 e. The zero-order valence-electron chi connectivity index (χ0n) is 13.3. The predicted octanol–water partition coefficient (Wildman–Crippen LogP) is 3.77. The topological polar surface area (TPSA) is 78.9 Å². The lowest BCUT2D eigenvalue weighted by Crippen LogP contribution is -2.18. The van der Waals surface area contributed by atoms with E-state index in [1.54, 1.807) is 32.0 Å². The summed E-state index contributed by atoms with van der Waals surface area (Å²) in [5.41, 5.74) is 7.54. The standard InChI is InChI=1S/C18H18FN3O/c1-11-4-5-15(9-16(11)21)22-17(23)12-6-13(8-14(19)7-12)18(2,3)10-20/h4-9H,21H2,1-3H3,(H,22,23). The number of anilines is 2. The third-order valence-electron chi connectivity index (χ3n) is 3.70. The van der Waals surface area contributed by atoms with Gasteiger partial charge < -0.3 is 11.1 Å². The molecule has 0 aliphatic carbocycles. The molecule has 0 unspecified atom stereocenters. The van der Waals surface area contributed by atoms with Gasteiger partial charge in [0.1, 0.15) is 5.82 Å². The average Bonchev–Trinajstić information content (AvgIpc) is 2.50. The molecule has 0 aromatic heterocycles. The molecular formula is C18H18FN3O. The van der Waals surface area contributed by atoms with Crippen molar-refractivity contribution in [2.45, 2.75) is 26.2 Å². The fourth-order valence-electron chi connectivity index (χ4n) is 2.07. The van der Waals surface area contributed by atoms with E-state index in [1.165, 1.54) is 12.1 Å². The minimum absolute atomic E-state index is 0.155. The van der Waals surface area contributed by atoms with Crippen molar-refractivity contribution < 1.29 is 9.18 Å². The van der Waals surface area contributed by atoms with Crippen LogP contribution in [0.3, 0.4) is 0 Å². The number of nitrogen functional groups attached to an aromatic ring is 1. The van der Waals surface area contributed by atoms with Crippen LogP contribution in [0, 0.1) is 24.1 Å². The molecule has 0 fully saturated rings. The van der Waals surface area contributed by atoms with E-state index in [2.05, 4.69) is 11.4 Å². The number of hydrogen-bond donors (Lipinski definition) is 2. The first-order chi connectivity index (χ1) is 10.7. The first-order valence-corrected chi connectivity index (χ1v) is 7.13. The van der Waals surface area contributed by atoms with Gasteiger partial charge in [0.25, 0.3) is 5.91 Å². The Balaban J connectivity index is 2.32. The second kappa shape index (κ2) is 6.09. The van der Waals surface area contributed by atoms with Gasteiger partial charge in [-0.2, -0.15) is 5.26 Å². The molecular weight excluding hydrogens is 293 g/mol. The number of hydrogen-bond acceptors (Lipinski definition) is 3. The molecule has 5 heteroatoms. The summed E-state index contributed by atoms with van der Waals surface area (Å²) in [5, 5.41) is 11.9. The Morgan fingerprint density at radius 3 is 2.57 bits per heavy atom. The van der Waals surface area contributed by atoms with Gasteiger partial charge in [-0.15, -0.1) is 0 Å². The molecule has 0 radical (unpaired) electrons. The number of halogens is 1. The Morgan fingerprint density at radius 2 is 1.96 bits per heavy atom. The molecule has 0 atom stereocenters. The van der Waals surface area contributed by atoms with Crippen molar-refractivity contribution in [1.29, 1.82) is 5.26 Å². The summed E-state index contributed by atoms with van der Waals surface area (Å²) in [5.74, 6) is -1.01. The highest BCUT2D eigenvalue weighted by Crippen LogP contribution is 2.25. The van der Waals surface area contributed by atoms with Crippen molar-refractivity contribution in [2.24, 2.45) is 0 Å². The van der Waals surface area contributed by atoms with E-state index in [1.807, 2.05) is 6.92 Å². The van der Waals surface area contributed by atoms with Crippen molar-refractivity contribution in [3.63, 3.8) is 0 Å². The lowest BCUT2D eigenvalue weighted by Gasteiger charge is -2.17. The number of nitrogens with one attached hydrogen (secondary N) is 1. The van der Waals surface area contributed by atoms with Gasteiger partial charge in [-0.25, -0.2) is 4.39 Å². The van der Waals surface area contributed by atoms with Crippen molar-refractivity contribution in [3.05, 3.63) is 58.9 Å². The van der Waals surface area contributed by atoms with Crippen LogP contribution in [-0.4, -0.2) is 5.91 Å². The predicted molar refractivity (Wildman–Crippen MR) is 88.6 cm³/mol. The number of benzene rings is 2. The van der Waals surface area contributed by atoms with Crippen LogP contribution in [0.2, 0.25) is 0 Å². The number of nitrogens with zero attached hydrogens (tertiary/aromatic N) is 1. The molecule has 0 saturated carbocycles. The van der Waals surface area contributed by atoms with E-state index in [-0.39, 0.29) is 5.56 Å². The summed E-state index contributed by atoms with van der Waals surface area (Å²) >= 11 is 0. The minimum atomic E-state index is -0.884. The molecule has 23 heavy (non-hydrogen) atoms. The number of nitriles is 1. The number of amides is 1. The van der Waals surface area contributed by atoms with E-state index in [4.69, 9.17) is 5.73 Å². The average molecular weight is 311 g/mol. The summed E-state index contributed by atoms with van der Waals surface area (Å²) in [6.07, 6.45) is 0. The van der Waals surface area contributed by atoms with Gasteiger partial charge in [-0.3, -0.25) is 4.79 Å². The summed E-state index contributed by atoms with van der Waals surface area (Å²) in [6, 6.07) is 11.2. The Kier molecular flexibility index (Phi) is 4.37. The second-order valence-electron chi connectivity index (χ2n) is 5.99. The van der Waals surface area contributed by atoms with Gasteiger partial charge in [0, 0.05) is 16.9 Å². The molecule has 4 nitrogen and oxygen atoms in total. The number of rotatable bonds is 3. The van der Waals surface area contributed by atoms with E-state index in [0.717, 1.165) is 11.6 Å². The molecule has 0 bridgehead atoms. The largest absolute Gasteiger partial charge is 0.398 e. The number of carbonyl (C=O) groups is 1. The van der Waals surface area contributed by atoms with E-state index < -0.39 is 17.1 Å². The summed E-state index contributed by atoms with van der Waals surface area (Å²) in [7, 11) is 0. The van der Waals surface area contributed by atoms with Crippen molar-refractivity contribution in [2.75, 3.05) is 11.1 Å². The molecule has 2 aromatic carbocycles. The van der Waals surface area contributed by atoms with Crippen LogP contribution in [0.4, 0.5) is 15.8 Å². The molecule has 2 rings (SSSR count). The van der Waals surface area contributed by atoms with E-state index in [0.29, 0.717) is 16.9 Å². The first kappa shape index (κ1) is 16.5. The van der Waals surface area contributed by atoms with Gasteiger partial charge >= 0.3 is 0 Å². The first-order valence-electron chi connectivity index (χ1n) is 7.13. The molecule has 118 valence electrons. The van der Waals surface area contributed by atoms with Gasteiger partial charge in [-0.1, -0.05) is 6.07 Å². The lowest BCUT2D eigenvalue weighted by atomic mass is 9.85. The normalized spacial score (nSPS) is 10.9. The molecule has 0 aliphatic rings. The molecule has 0 heterocycles. The lowest BCUT2D eigenvalue weighted by molar-refractivity contribution is 0.102. The number of nitrogens with two attached hydrogens (primary N) is 1. The van der Waals surface area contributed by atoms with Crippen LogP contribution < -0.4 is 11.1 Å². The maximum atomic E-state index is 13.8. The Bertz CT molecular complexity index is 806. The van der Waals surface area contributed by atoms with Crippen molar-refractivity contribution in [1.82, 2.24) is 0 Å². The molecule has 1 amide bonds. The van der Waals surface area contributed by atoms with Crippen LogP contribution in [0.1, 0.15) is 35.3 Å². The molecule has 0 saturated heterocycles. The Hall–Kier alpha value is -2.87. The maximum absolute atomic E-state index is 13.8. The van der Waals surface area contributed by atoms with Gasteiger partial charge in [0.2, 0.25) is 0 Å². The van der Waals surface area contributed by atoms with Gasteiger partial charge in [0.05, 0.1) is 11.5 Å². The highest BCUT2D eigenvalue weighted by molar-refractivity contribution is 6.04. The fourth-order valence-corrected chi connectivity index (χ4v) is 2.07. The number of carbonyl (C=O) groups excluding carboxylic acids is 1. The highest BCUT2D eigenvalue weighted by atomic mass is 19.1. The molecule has 2 aromatic rings. The van der Waals surface area contributed by atoms with Crippen LogP contribution >= 0.6 is 0 Å². The zero-order valence-corrected chi connectivity index (χ0v) is 13.3. The Labute approximate surface area is 134 Å². The highest BCUT2D eigenvalue weighted by Gasteiger charge is 2.22. The van der Waals surface area contributed by atoms with Crippen molar-refractivity contribution >= 4 is 17.3 Å². The van der Waals surface area contributed by atoms with Crippen LogP contribution in [0.5, 0.6) is 0 Å². The van der Waals surface area contributed by atoms with Gasteiger partial charge in [0.15, 0.2) is 0 Å². The third kappa shape index (κ3) is 3.67. The summed E-state index contributed by atoms with van der Waals surface area (Å²) in [6.45, 7) is 5.21.